The summed E-state index contributed by atoms with van der Waals surface area (Å²) in [6.07, 6.45) is 1.37. The van der Waals surface area contributed by atoms with E-state index in [0.29, 0.717) is 18.9 Å². The molecule has 23 heavy (non-hydrogen) atoms. The normalized spacial score (nSPS) is 15.9. The van der Waals surface area contributed by atoms with Gasteiger partial charge in [-0.1, -0.05) is 0 Å². The molecule has 0 saturated carbocycles. The number of nitro groups is 1. The van der Waals surface area contributed by atoms with Gasteiger partial charge in [0.1, 0.15) is 6.33 Å². The highest BCUT2D eigenvalue weighted by molar-refractivity contribution is 5.65. The summed E-state index contributed by atoms with van der Waals surface area (Å²) in [6, 6.07) is 1.86. The van der Waals surface area contributed by atoms with Gasteiger partial charge in [-0.05, 0) is 27.0 Å². The molecule has 0 unspecified atom stereocenters. The lowest BCUT2D eigenvalue weighted by Crippen LogP contribution is -2.45. The first-order valence-electron chi connectivity index (χ1n) is 7.44. The van der Waals surface area contributed by atoms with Crippen LogP contribution in [-0.2, 0) is 0 Å². The fourth-order valence-electron chi connectivity index (χ4n) is 2.77. The molecule has 0 N–H and O–H groups in total. The molecule has 3 rings (SSSR count). The van der Waals surface area contributed by atoms with Crippen LogP contribution in [0, 0.1) is 24.0 Å². The fraction of sp³-hybridized carbons (Fsp3) is 0.500. The highest BCUT2D eigenvalue weighted by atomic mass is 16.6. The fourth-order valence-corrected chi connectivity index (χ4v) is 2.77. The number of nitrogens with zero attached hydrogens (tertiary/aromatic N) is 7. The van der Waals surface area contributed by atoms with Gasteiger partial charge in [-0.3, -0.25) is 10.1 Å². The second kappa shape index (κ2) is 5.92. The second-order valence-corrected chi connectivity index (χ2v) is 5.76. The third kappa shape index (κ3) is 2.87. The van der Waals surface area contributed by atoms with E-state index in [1.54, 1.807) is 0 Å². The topological polar surface area (TPSA) is 93.2 Å². The second-order valence-electron chi connectivity index (χ2n) is 5.76. The van der Waals surface area contributed by atoms with Gasteiger partial charge in [0.15, 0.2) is 0 Å². The Labute approximate surface area is 133 Å². The van der Waals surface area contributed by atoms with Crippen LogP contribution in [0.2, 0.25) is 0 Å². The molecule has 2 aromatic heterocycles. The molecule has 1 aliphatic heterocycles. The van der Waals surface area contributed by atoms with Crippen LogP contribution in [0.3, 0.4) is 0 Å². The van der Waals surface area contributed by atoms with Crippen LogP contribution in [0.1, 0.15) is 11.4 Å². The largest absolute Gasteiger partial charge is 0.355 e. The van der Waals surface area contributed by atoms with Gasteiger partial charge in [-0.2, -0.15) is 5.10 Å². The van der Waals surface area contributed by atoms with Crippen molar-refractivity contribution in [3.05, 3.63) is 33.9 Å². The lowest BCUT2D eigenvalue weighted by Gasteiger charge is -2.32. The number of aromatic nitrogens is 4. The van der Waals surface area contributed by atoms with Crippen molar-refractivity contribution in [1.82, 2.24) is 24.6 Å². The molecule has 0 radical (unpaired) electrons. The van der Waals surface area contributed by atoms with Gasteiger partial charge in [-0.25, -0.2) is 14.6 Å². The highest BCUT2D eigenvalue weighted by Crippen LogP contribution is 2.31. The van der Waals surface area contributed by atoms with Gasteiger partial charge in [0, 0.05) is 31.9 Å². The van der Waals surface area contributed by atoms with E-state index in [-0.39, 0.29) is 11.5 Å². The maximum atomic E-state index is 11.7. The van der Waals surface area contributed by atoms with E-state index in [9.17, 15) is 10.1 Å². The molecule has 1 aliphatic rings. The zero-order valence-electron chi connectivity index (χ0n) is 13.4. The minimum atomic E-state index is -0.417. The van der Waals surface area contributed by atoms with Crippen molar-refractivity contribution in [3.8, 4) is 5.82 Å². The number of aryl methyl sites for hydroxylation is 2. The molecule has 122 valence electrons. The minimum Gasteiger partial charge on any atom is -0.348 e. The van der Waals surface area contributed by atoms with Crippen molar-refractivity contribution >= 4 is 11.5 Å². The van der Waals surface area contributed by atoms with E-state index in [2.05, 4.69) is 20.0 Å². The van der Waals surface area contributed by atoms with Gasteiger partial charge < -0.3 is 9.80 Å². The van der Waals surface area contributed by atoms with E-state index in [4.69, 9.17) is 0 Å². The van der Waals surface area contributed by atoms with Crippen LogP contribution in [-0.4, -0.2) is 62.8 Å². The van der Waals surface area contributed by atoms with Crippen molar-refractivity contribution < 1.29 is 4.92 Å². The molecule has 0 bridgehead atoms. The molecular formula is C14H19N7O2. The molecule has 3 heterocycles. The average molecular weight is 317 g/mol. The minimum absolute atomic E-state index is 0.0942. The molecule has 9 nitrogen and oxygen atoms in total. The first-order chi connectivity index (χ1) is 11.0. The lowest BCUT2D eigenvalue weighted by molar-refractivity contribution is -0.384. The number of rotatable bonds is 3. The molecular weight excluding hydrogens is 298 g/mol. The van der Waals surface area contributed by atoms with Gasteiger partial charge in [0.25, 0.3) is 0 Å². The lowest BCUT2D eigenvalue weighted by atomic mass is 10.3. The monoisotopic (exact) mass is 317 g/mol. The Morgan fingerprint density at radius 3 is 2.35 bits per heavy atom. The summed E-state index contributed by atoms with van der Waals surface area (Å²) in [6.45, 7) is 6.78. The Balaban J connectivity index is 2.09. The molecule has 0 atom stereocenters. The predicted molar refractivity (Wildman–Crippen MR) is 85.0 cm³/mol. The average Bonchev–Trinajstić information content (AvgIpc) is 2.85. The molecule has 0 aromatic carbocycles. The van der Waals surface area contributed by atoms with Crippen LogP contribution in [0.4, 0.5) is 11.5 Å². The van der Waals surface area contributed by atoms with Crippen molar-refractivity contribution in [2.24, 2.45) is 0 Å². The van der Waals surface area contributed by atoms with Crippen LogP contribution < -0.4 is 4.90 Å². The number of likely N-dealkylation sites (N-methyl/N-ethyl adjacent to an activating group) is 1. The molecule has 0 amide bonds. The first-order valence-corrected chi connectivity index (χ1v) is 7.44. The quantitative estimate of drug-likeness (QED) is 0.614. The number of hydrogen-bond acceptors (Lipinski definition) is 7. The van der Waals surface area contributed by atoms with Crippen LogP contribution in [0.5, 0.6) is 0 Å². The molecule has 1 fully saturated rings. The Morgan fingerprint density at radius 2 is 1.78 bits per heavy atom. The zero-order chi connectivity index (χ0) is 16.6. The Kier molecular flexibility index (Phi) is 3.95. The SMILES string of the molecule is Cc1cc(C)n(-c2ncnc(N3CCN(C)CC3)c2[N+](=O)[O-])n1. The zero-order valence-corrected chi connectivity index (χ0v) is 13.4. The van der Waals surface area contributed by atoms with Crippen LogP contribution >= 0.6 is 0 Å². The van der Waals surface area contributed by atoms with Crippen molar-refractivity contribution in [2.75, 3.05) is 38.1 Å². The van der Waals surface area contributed by atoms with Crippen LogP contribution in [0.25, 0.3) is 5.82 Å². The van der Waals surface area contributed by atoms with E-state index in [0.717, 1.165) is 24.5 Å². The molecule has 1 saturated heterocycles. The summed E-state index contributed by atoms with van der Waals surface area (Å²) >= 11 is 0. The molecule has 9 heteroatoms. The number of anilines is 1. The van der Waals surface area contributed by atoms with Crippen molar-refractivity contribution in [2.45, 2.75) is 13.8 Å². The van der Waals surface area contributed by atoms with Gasteiger partial charge >= 0.3 is 5.69 Å². The summed E-state index contributed by atoms with van der Waals surface area (Å²) in [5.41, 5.74) is 1.49. The smallest absolute Gasteiger partial charge is 0.348 e. The maximum absolute atomic E-state index is 11.7. The molecule has 2 aromatic rings. The highest BCUT2D eigenvalue weighted by Gasteiger charge is 2.30. The Bertz CT molecular complexity index is 735. The van der Waals surface area contributed by atoms with Gasteiger partial charge in [0.05, 0.1) is 10.6 Å². The van der Waals surface area contributed by atoms with Crippen molar-refractivity contribution in [3.63, 3.8) is 0 Å². The Morgan fingerprint density at radius 1 is 1.13 bits per heavy atom. The third-order valence-electron chi connectivity index (χ3n) is 3.98. The summed E-state index contributed by atoms with van der Waals surface area (Å²) in [5, 5.41) is 16.0. The molecule has 0 spiro atoms. The summed E-state index contributed by atoms with van der Waals surface area (Å²) < 4.78 is 1.51. The third-order valence-corrected chi connectivity index (χ3v) is 3.98. The molecule has 0 aliphatic carbocycles. The van der Waals surface area contributed by atoms with E-state index in [1.165, 1.54) is 11.0 Å². The van der Waals surface area contributed by atoms with E-state index < -0.39 is 4.92 Å². The van der Waals surface area contributed by atoms with Gasteiger partial charge in [0.2, 0.25) is 11.6 Å². The van der Waals surface area contributed by atoms with Crippen molar-refractivity contribution in [1.29, 1.82) is 0 Å². The number of piperazine rings is 1. The number of hydrogen-bond donors (Lipinski definition) is 0. The van der Waals surface area contributed by atoms with E-state index in [1.807, 2.05) is 31.9 Å². The maximum Gasteiger partial charge on any atom is 0.355 e. The van der Waals surface area contributed by atoms with Gasteiger partial charge in [-0.15, -0.1) is 0 Å². The standard InChI is InChI=1S/C14H19N7O2/c1-10-8-11(2)20(17-10)14-12(21(22)23)13(15-9-16-14)19-6-4-18(3)5-7-19/h8-9H,4-7H2,1-3H3. The summed E-state index contributed by atoms with van der Waals surface area (Å²) in [5.74, 6) is 0.574. The summed E-state index contributed by atoms with van der Waals surface area (Å²) in [7, 11) is 2.03. The summed E-state index contributed by atoms with van der Waals surface area (Å²) in [4.78, 5) is 23.7. The van der Waals surface area contributed by atoms with E-state index >= 15 is 0 Å². The predicted octanol–water partition coefficient (Wildman–Crippen LogP) is 0.939. The Hall–Kier alpha value is -2.55. The first kappa shape index (κ1) is 15.3. The van der Waals surface area contributed by atoms with Crippen LogP contribution in [0.15, 0.2) is 12.4 Å².